The van der Waals surface area contributed by atoms with Gasteiger partial charge in [0.25, 0.3) is 5.91 Å². The smallest absolute Gasteiger partial charge is 0.325 e. The highest BCUT2D eigenvalue weighted by Gasteiger charge is 2.39. The summed E-state index contributed by atoms with van der Waals surface area (Å²) in [6.07, 6.45) is 2.23. The number of nitrogens with zero attached hydrogens (tertiary/aromatic N) is 1. The molecule has 1 fully saturated rings. The van der Waals surface area contributed by atoms with Crippen molar-refractivity contribution < 1.29 is 14.4 Å². The lowest BCUT2D eigenvalue weighted by Crippen LogP contribution is -2.47. The Hall–Kier alpha value is -2.83. The third-order valence-electron chi connectivity index (χ3n) is 4.02. The van der Waals surface area contributed by atoms with E-state index in [1.54, 1.807) is 0 Å². The molecular weight excluding hydrogens is 320 g/mol. The Balaban J connectivity index is 1.70. The maximum atomic E-state index is 12.5. The van der Waals surface area contributed by atoms with E-state index in [0.29, 0.717) is 6.42 Å². The molecule has 1 aromatic carbocycles. The van der Waals surface area contributed by atoms with Crippen LogP contribution in [-0.4, -0.2) is 45.9 Å². The van der Waals surface area contributed by atoms with Gasteiger partial charge >= 0.3 is 6.03 Å². The minimum Gasteiger partial charge on any atom is -0.361 e. The summed E-state index contributed by atoms with van der Waals surface area (Å²) in [7, 11) is 0. The number of benzene rings is 1. The van der Waals surface area contributed by atoms with Crippen molar-refractivity contribution in [2.24, 2.45) is 0 Å². The van der Waals surface area contributed by atoms with Gasteiger partial charge in [-0.1, -0.05) is 18.2 Å². The average molecular weight is 342 g/mol. The number of H-pyrrole nitrogens is 1. The number of aromatic nitrogens is 1. The predicted octanol–water partition coefficient (Wildman–Crippen LogP) is 1.55. The Morgan fingerprint density at radius 3 is 2.68 bits per heavy atom. The van der Waals surface area contributed by atoms with Crippen LogP contribution >= 0.6 is 0 Å². The van der Waals surface area contributed by atoms with E-state index in [9.17, 15) is 14.4 Å². The molecular formula is C18H22N4O3. The molecule has 0 saturated carbocycles. The molecule has 132 valence electrons. The fourth-order valence-corrected chi connectivity index (χ4v) is 2.99. The summed E-state index contributed by atoms with van der Waals surface area (Å²) in [6.45, 7) is 5.26. The van der Waals surface area contributed by atoms with E-state index in [1.165, 1.54) is 0 Å². The monoisotopic (exact) mass is 342 g/mol. The predicted molar refractivity (Wildman–Crippen MR) is 93.9 cm³/mol. The van der Waals surface area contributed by atoms with Crippen LogP contribution < -0.4 is 10.6 Å². The Morgan fingerprint density at radius 2 is 1.96 bits per heavy atom. The van der Waals surface area contributed by atoms with Crippen LogP contribution in [0.1, 0.15) is 26.3 Å². The fourth-order valence-electron chi connectivity index (χ4n) is 2.99. The number of fused-ring (bicyclic) bond motifs is 1. The first-order valence-electron chi connectivity index (χ1n) is 8.22. The number of para-hydroxylation sites is 1. The first-order chi connectivity index (χ1) is 11.7. The van der Waals surface area contributed by atoms with Crippen molar-refractivity contribution in [2.75, 3.05) is 6.54 Å². The van der Waals surface area contributed by atoms with Gasteiger partial charge in [-0.25, -0.2) is 4.79 Å². The van der Waals surface area contributed by atoms with Crippen molar-refractivity contribution in [1.29, 1.82) is 0 Å². The second-order valence-corrected chi connectivity index (χ2v) is 7.29. The summed E-state index contributed by atoms with van der Waals surface area (Å²) in [6, 6.07) is 6.60. The highest BCUT2D eigenvalue weighted by molar-refractivity contribution is 6.06. The molecule has 1 aromatic heterocycles. The third kappa shape index (κ3) is 3.65. The van der Waals surface area contributed by atoms with Crippen molar-refractivity contribution in [2.45, 2.75) is 38.8 Å². The Morgan fingerprint density at radius 1 is 1.24 bits per heavy atom. The summed E-state index contributed by atoms with van der Waals surface area (Å²) in [5, 5.41) is 6.44. The molecule has 0 bridgehead atoms. The zero-order valence-electron chi connectivity index (χ0n) is 14.6. The molecule has 1 aliphatic rings. The van der Waals surface area contributed by atoms with Gasteiger partial charge in [-0.05, 0) is 32.4 Å². The number of nitrogens with one attached hydrogen (secondary N) is 3. The Kier molecular flexibility index (Phi) is 4.24. The SMILES string of the molecule is CC(C)(C)NC(=O)CN1C(=O)N[C@H](Cc2c[nH]c3ccccc23)C1=O. The largest absolute Gasteiger partial charge is 0.361 e. The van der Waals surface area contributed by atoms with E-state index < -0.39 is 17.6 Å². The van der Waals surface area contributed by atoms with Crippen molar-refractivity contribution in [3.8, 4) is 0 Å². The van der Waals surface area contributed by atoms with Gasteiger partial charge in [0.1, 0.15) is 12.6 Å². The molecule has 1 atom stereocenters. The molecule has 1 aliphatic heterocycles. The Bertz CT molecular complexity index is 834. The molecule has 25 heavy (non-hydrogen) atoms. The zero-order valence-corrected chi connectivity index (χ0v) is 14.6. The molecule has 0 radical (unpaired) electrons. The number of urea groups is 1. The maximum absolute atomic E-state index is 12.5. The summed E-state index contributed by atoms with van der Waals surface area (Å²) in [5.41, 5.74) is 1.52. The second kappa shape index (κ2) is 6.23. The number of carbonyl (C=O) groups is 3. The van der Waals surface area contributed by atoms with Crippen LogP contribution in [-0.2, 0) is 16.0 Å². The van der Waals surface area contributed by atoms with E-state index in [-0.39, 0.29) is 18.4 Å². The second-order valence-electron chi connectivity index (χ2n) is 7.29. The Labute approximate surface area is 145 Å². The topological polar surface area (TPSA) is 94.3 Å². The molecule has 2 aromatic rings. The van der Waals surface area contributed by atoms with E-state index in [2.05, 4.69) is 15.6 Å². The van der Waals surface area contributed by atoms with Crippen LogP contribution in [0, 0.1) is 0 Å². The number of aromatic amines is 1. The van der Waals surface area contributed by atoms with Crippen LogP contribution in [0.2, 0.25) is 0 Å². The number of hydrogen-bond donors (Lipinski definition) is 3. The fraction of sp³-hybridized carbons (Fsp3) is 0.389. The lowest BCUT2D eigenvalue weighted by Gasteiger charge is -2.22. The van der Waals surface area contributed by atoms with Crippen LogP contribution in [0.15, 0.2) is 30.5 Å². The normalized spacial score (nSPS) is 17.9. The summed E-state index contributed by atoms with van der Waals surface area (Å²) in [4.78, 5) is 40.8. The third-order valence-corrected chi connectivity index (χ3v) is 4.02. The molecule has 1 saturated heterocycles. The van der Waals surface area contributed by atoms with Crippen molar-refractivity contribution in [1.82, 2.24) is 20.5 Å². The van der Waals surface area contributed by atoms with Crippen LogP contribution in [0.5, 0.6) is 0 Å². The molecule has 3 rings (SSSR count). The van der Waals surface area contributed by atoms with Gasteiger partial charge in [0, 0.05) is 29.1 Å². The van der Waals surface area contributed by atoms with E-state index >= 15 is 0 Å². The van der Waals surface area contributed by atoms with Crippen LogP contribution in [0.3, 0.4) is 0 Å². The van der Waals surface area contributed by atoms with Gasteiger partial charge in [-0.15, -0.1) is 0 Å². The highest BCUT2D eigenvalue weighted by Crippen LogP contribution is 2.21. The van der Waals surface area contributed by atoms with E-state index in [1.807, 2.05) is 51.2 Å². The maximum Gasteiger partial charge on any atom is 0.325 e. The molecule has 7 heteroatoms. The first kappa shape index (κ1) is 17.0. The number of imide groups is 1. The molecule has 0 spiro atoms. The van der Waals surface area contributed by atoms with E-state index in [4.69, 9.17) is 0 Å². The van der Waals surface area contributed by atoms with Gasteiger partial charge in [0.2, 0.25) is 5.91 Å². The van der Waals surface area contributed by atoms with E-state index in [0.717, 1.165) is 21.4 Å². The molecule has 0 unspecified atom stereocenters. The summed E-state index contributed by atoms with van der Waals surface area (Å²) < 4.78 is 0. The van der Waals surface area contributed by atoms with Crippen molar-refractivity contribution >= 4 is 28.7 Å². The molecule has 4 amide bonds. The number of hydrogen-bond acceptors (Lipinski definition) is 3. The molecule has 3 N–H and O–H groups in total. The van der Waals surface area contributed by atoms with Crippen LogP contribution in [0.25, 0.3) is 10.9 Å². The quantitative estimate of drug-likeness (QED) is 0.736. The summed E-state index contributed by atoms with van der Waals surface area (Å²) in [5.74, 6) is -0.733. The van der Waals surface area contributed by atoms with Crippen LogP contribution in [0.4, 0.5) is 4.79 Å². The minimum atomic E-state index is -0.658. The van der Waals surface area contributed by atoms with Crippen molar-refractivity contribution in [3.05, 3.63) is 36.0 Å². The van der Waals surface area contributed by atoms with Gasteiger partial charge in [-0.3, -0.25) is 14.5 Å². The van der Waals surface area contributed by atoms with Gasteiger partial charge < -0.3 is 15.6 Å². The number of carbonyl (C=O) groups excluding carboxylic acids is 3. The van der Waals surface area contributed by atoms with Crippen molar-refractivity contribution in [3.63, 3.8) is 0 Å². The molecule has 7 nitrogen and oxygen atoms in total. The lowest BCUT2D eigenvalue weighted by atomic mass is 10.1. The molecule has 2 heterocycles. The average Bonchev–Trinajstić information content (AvgIpc) is 3.03. The molecule has 0 aliphatic carbocycles. The minimum absolute atomic E-state index is 0.272. The zero-order chi connectivity index (χ0) is 18.2. The standard InChI is InChI=1S/C18H22N4O3/c1-18(2,3)21-15(23)10-22-16(24)14(20-17(22)25)8-11-9-19-13-7-5-4-6-12(11)13/h4-7,9,14,19H,8,10H2,1-3H3,(H,20,25)(H,21,23)/t14-/m1/s1. The van der Waals surface area contributed by atoms with Gasteiger partial charge in [0.15, 0.2) is 0 Å². The number of rotatable bonds is 4. The van der Waals surface area contributed by atoms with Gasteiger partial charge in [0.05, 0.1) is 0 Å². The first-order valence-corrected chi connectivity index (χ1v) is 8.22. The lowest BCUT2D eigenvalue weighted by molar-refractivity contribution is -0.132. The highest BCUT2D eigenvalue weighted by atomic mass is 16.2. The summed E-state index contributed by atoms with van der Waals surface area (Å²) >= 11 is 0. The number of amides is 4. The van der Waals surface area contributed by atoms with Gasteiger partial charge in [-0.2, -0.15) is 0 Å².